The lowest BCUT2D eigenvalue weighted by Crippen LogP contribution is -2.27. The molecule has 0 spiro atoms. The van der Waals surface area contributed by atoms with Gasteiger partial charge in [-0.15, -0.1) is 11.3 Å². The Morgan fingerprint density at radius 3 is 2.60 bits per heavy atom. The highest BCUT2D eigenvalue weighted by molar-refractivity contribution is 9.11. The zero-order chi connectivity index (χ0) is 14.9. The average Bonchev–Trinajstić information content (AvgIpc) is 2.78. The van der Waals surface area contributed by atoms with Gasteiger partial charge in [-0.25, -0.2) is 8.78 Å². The fourth-order valence-corrected chi connectivity index (χ4v) is 2.93. The lowest BCUT2D eigenvalue weighted by Gasteiger charge is -2.17. The monoisotopic (exact) mass is 360 g/mol. The quantitative estimate of drug-likeness (QED) is 0.849. The Morgan fingerprint density at radius 1 is 1.35 bits per heavy atom. The van der Waals surface area contributed by atoms with E-state index in [9.17, 15) is 13.6 Å². The minimum atomic E-state index is -1.09. The van der Waals surface area contributed by atoms with Crippen molar-refractivity contribution < 1.29 is 13.6 Å². The molecular weight excluding hydrogens is 350 g/mol. The van der Waals surface area contributed by atoms with E-state index in [4.69, 9.17) is 5.73 Å². The summed E-state index contributed by atoms with van der Waals surface area (Å²) in [4.78, 5) is 13.6. The molecule has 0 unspecified atom stereocenters. The van der Waals surface area contributed by atoms with Gasteiger partial charge in [0.25, 0.3) is 5.91 Å². The molecule has 1 aromatic carbocycles. The minimum Gasteiger partial charge on any atom is -0.398 e. The van der Waals surface area contributed by atoms with Crippen LogP contribution in [0.25, 0.3) is 0 Å². The molecule has 2 N–H and O–H groups in total. The van der Waals surface area contributed by atoms with Crippen molar-refractivity contribution in [2.45, 2.75) is 6.54 Å². The third-order valence-electron chi connectivity index (χ3n) is 2.71. The fourth-order valence-electron chi connectivity index (χ4n) is 1.73. The van der Waals surface area contributed by atoms with Crippen LogP contribution in [0, 0.1) is 11.6 Å². The van der Waals surface area contributed by atoms with Crippen LogP contribution in [0.2, 0.25) is 0 Å². The van der Waals surface area contributed by atoms with Crippen LogP contribution in [-0.2, 0) is 6.54 Å². The zero-order valence-corrected chi connectivity index (χ0v) is 12.9. The van der Waals surface area contributed by atoms with E-state index in [1.54, 1.807) is 7.05 Å². The number of hydrogen-bond acceptors (Lipinski definition) is 3. The van der Waals surface area contributed by atoms with E-state index in [0.717, 1.165) is 21.5 Å². The first kappa shape index (κ1) is 14.9. The number of amides is 1. The van der Waals surface area contributed by atoms with Gasteiger partial charge >= 0.3 is 0 Å². The van der Waals surface area contributed by atoms with E-state index in [0.29, 0.717) is 6.54 Å². The number of halogens is 3. The Kier molecular flexibility index (Phi) is 4.39. The number of nitrogen functional groups attached to an aromatic ring is 1. The average molecular weight is 361 g/mol. The second kappa shape index (κ2) is 5.88. The van der Waals surface area contributed by atoms with Gasteiger partial charge in [0.2, 0.25) is 0 Å². The number of anilines is 1. The molecule has 0 bridgehead atoms. The molecule has 0 fully saturated rings. The van der Waals surface area contributed by atoms with Gasteiger partial charge in [0.1, 0.15) is 0 Å². The molecule has 0 aliphatic carbocycles. The van der Waals surface area contributed by atoms with Crippen molar-refractivity contribution >= 4 is 38.9 Å². The highest BCUT2D eigenvalue weighted by atomic mass is 79.9. The highest BCUT2D eigenvalue weighted by Gasteiger charge is 2.18. The molecule has 7 heteroatoms. The molecule has 1 amide bonds. The maximum atomic E-state index is 13.2. The van der Waals surface area contributed by atoms with E-state index in [1.165, 1.54) is 16.2 Å². The Bertz CT molecular complexity index is 660. The predicted molar refractivity (Wildman–Crippen MR) is 78.6 cm³/mol. The van der Waals surface area contributed by atoms with Gasteiger partial charge in [-0.05, 0) is 39.0 Å². The van der Waals surface area contributed by atoms with Crippen molar-refractivity contribution in [2.24, 2.45) is 0 Å². The molecule has 0 aliphatic rings. The van der Waals surface area contributed by atoms with Crippen molar-refractivity contribution in [1.29, 1.82) is 0 Å². The summed E-state index contributed by atoms with van der Waals surface area (Å²) in [7, 11) is 1.58. The molecule has 2 aromatic rings. The smallest absolute Gasteiger partial charge is 0.256 e. The molecule has 0 saturated heterocycles. The molecule has 0 atom stereocenters. The maximum Gasteiger partial charge on any atom is 0.256 e. The van der Waals surface area contributed by atoms with Gasteiger partial charge in [0.15, 0.2) is 11.6 Å². The molecule has 1 heterocycles. The van der Waals surface area contributed by atoms with Gasteiger partial charge in [-0.3, -0.25) is 4.79 Å². The Balaban J connectivity index is 2.20. The Hall–Kier alpha value is -1.47. The summed E-state index contributed by atoms with van der Waals surface area (Å²) >= 11 is 4.84. The van der Waals surface area contributed by atoms with Gasteiger partial charge in [-0.2, -0.15) is 0 Å². The third kappa shape index (κ3) is 3.16. The first-order valence-electron chi connectivity index (χ1n) is 5.61. The molecule has 2 rings (SSSR count). The molecule has 0 saturated carbocycles. The van der Waals surface area contributed by atoms with Crippen LogP contribution >= 0.6 is 27.3 Å². The lowest BCUT2D eigenvalue weighted by molar-refractivity contribution is 0.0785. The largest absolute Gasteiger partial charge is 0.398 e. The summed E-state index contributed by atoms with van der Waals surface area (Å²) in [5.74, 6) is -2.61. The lowest BCUT2D eigenvalue weighted by atomic mass is 10.1. The third-order valence-corrected chi connectivity index (χ3v) is 4.26. The molecule has 106 valence electrons. The van der Waals surface area contributed by atoms with Crippen LogP contribution in [0.1, 0.15) is 15.9 Å². The van der Waals surface area contributed by atoms with Gasteiger partial charge in [0.05, 0.1) is 9.35 Å². The topological polar surface area (TPSA) is 46.3 Å². The predicted octanol–water partition coefficient (Wildman–Crippen LogP) is 3.64. The van der Waals surface area contributed by atoms with Gasteiger partial charge in [-0.1, -0.05) is 0 Å². The second-order valence-corrected chi connectivity index (χ2v) is 6.56. The maximum absolute atomic E-state index is 13.2. The number of thiophene rings is 1. The van der Waals surface area contributed by atoms with Crippen LogP contribution in [0.5, 0.6) is 0 Å². The van der Waals surface area contributed by atoms with Crippen molar-refractivity contribution in [3.05, 3.63) is 50.1 Å². The molecular formula is C13H11BrF2N2OS. The summed E-state index contributed by atoms with van der Waals surface area (Å²) in [5.41, 5.74) is 6.39. The van der Waals surface area contributed by atoms with E-state index in [1.807, 2.05) is 11.4 Å². The summed E-state index contributed by atoms with van der Waals surface area (Å²) in [5, 5.41) is 1.91. The summed E-state index contributed by atoms with van der Waals surface area (Å²) in [6.45, 7) is 0.360. The number of carbonyl (C=O) groups is 1. The van der Waals surface area contributed by atoms with E-state index >= 15 is 0 Å². The number of carbonyl (C=O) groups excluding carboxylic acids is 1. The van der Waals surface area contributed by atoms with Crippen LogP contribution in [-0.4, -0.2) is 17.9 Å². The van der Waals surface area contributed by atoms with Crippen LogP contribution in [0.4, 0.5) is 14.5 Å². The first-order chi connectivity index (χ1) is 9.38. The van der Waals surface area contributed by atoms with Crippen molar-refractivity contribution in [2.75, 3.05) is 12.8 Å². The second-order valence-electron chi connectivity index (χ2n) is 4.27. The molecule has 20 heavy (non-hydrogen) atoms. The zero-order valence-electron chi connectivity index (χ0n) is 10.5. The van der Waals surface area contributed by atoms with E-state index < -0.39 is 17.5 Å². The van der Waals surface area contributed by atoms with Crippen LogP contribution in [0.3, 0.4) is 0 Å². The Labute approximate surface area is 127 Å². The van der Waals surface area contributed by atoms with Gasteiger partial charge in [0, 0.05) is 25.3 Å². The number of nitrogens with zero attached hydrogens (tertiary/aromatic N) is 1. The fraction of sp³-hybridized carbons (Fsp3) is 0.154. The first-order valence-corrected chi connectivity index (χ1v) is 7.28. The van der Waals surface area contributed by atoms with Crippen LogP contribution in [0.15, 0.2) is 27.4 Å². The number of benzene rings is 1. The molecule has 1 aromatic heterocycles. The van der Waals surface area contributed by atoms with Crippen molar-refractivity contribution in [3.8, 4) is 0 Å². The van der Waals surface area contributed by atoms with Gasteiger partial charge < -0.3 is 10.6 Å². The highest BCUT2D eigenvalue weighted by Crippen LogP contribution is 2.23. The summed E-state index contributed by atoms with van der Waals surface area (Å²) in [6, 6.07) is 3.54. The SMILES string of the molecule is CN(Cc1csc(Br)c1)C(=O)c1cc(F)c(F)cc1N. The Morgan fingerprint density at radius 2 is 2.00 bits per heavy atom. The van der Waals surface area contributed by atoms with Crippen molar-refractivity contribution in [1.82, 2.24) is 4.90 Å². The minimum absolute atomic E-state index is 0.0410. The van der Waals surface area contributed by atoms with Crippen LogP contribution < -0.4 is 5.73 Å². The standard InChI is InChI=1S/C13H11BrF2N2OS/c1-18(5-7-2-12(14)20-6-7)13(19)8-3-9(15)10(16)4-11(8)17/h2-4,6H,5,17H2,1H3. The molecule has 3 nitrogen and oxygen atoms in total. The molecule has 0 aliphatic heterocycles. The molecule has 0 radical (unpaired) electrons. The number of hydrogen-bond donors (Lipinski definition) is 1. The normalized spacial score (nSPS) is 10.6. The summed E-state index contributed by atoms with van der Waals surface area (Å²) < 4.78 is 27.2. The summed E-state index contributed by atoms with van der Waals surface area (Å²) in [6.07, 6.45) is 0. The number of nitrogens with two attached hydrogens (primary N) is 1. The van der Waals surface area contributed by atoms with Crippen molar-refractivity contribution in [3.63, 3.8) is 0 Å². The number of rotatable bonds is 3. The van der Waals surface area contributed by atoms with E-state index in [2.05, 4.69) is 15.9 Å². The van der Waals surface area contributed by atoms with E-state index in [-0.39, 0.29) is 11.3 Å².